The van der Waals surface area contributed by atoms with E-state index in [1.54, 1.807) is 0 Å². The van der Waals surface area contributed by atoms with Gasteiger partial charge in [-0.1, -0.05) is 29.8 Å². The van der Waals surface area contributed by atoms with Crippen LogP contribution in [0.5, 0.6) is 0 Å². The molecule has 106 valence electrons. The first-order chi connectivity index (χ1) is 10.2. The van der Waals surface area contributed by atoms with Crippen molar-refractivity contribution in [2.75, 3.05) is 7.11 Å². The van der Waals surface area contributed by atoms with E-state index in [2.05, 4.69) is 11.1 Å². The normalized spacial score (nSPS) is 10.8. The summed E-state index contributed by atoms with van der Waals surface area (Å²) in [6, 6.07) is 13.8. The van der Waals surface area contributed by atoms with Crippen LogP contribution in [-0.4, -0.2) is 18.1 Å². The van der Waals surface area contributed by atoms with E-state index in [0.29, 0.717) is 5.02 Å². The fourth-order valence-corrected chi connectivity index (χ4v) is 2.59. The van der Waals surface area contributed by atoms with Crippen LogP contribution in [0, 0.1) is 0 Å². The molecule has 0 saturated carbocycles. The van der Waals surface area contributed by atoms with E-state index >= 15 is 0 Å². The van der Waals surface area contributed by atoms with E-state index in [0.717, 1.165) is 27.6 Å². The number of carbonyl (C=O) groups excluding carboxylic acids is 1. The van der Waals surface area contributed by atoms with Gasteiger partial charge in [0.15, 0.2) is 0 Å². The van der Waals surface area contributed by atoms with Crippen molar-refractivity contribution in [2.24, 2.45) is 0 Å². The summed E-state index contributed by atoms with van der Waals surface area (Å²) in [5.41, 5.74) is 4.05. The fourth-order valence-electron chi connectivity index (χ4n) is 2.40. The van der Waals surface area contributed by atoms with Gasteiger partial charge in [-0.25, -0.2) is 0 Å². The maximum atomic E-state index is 11.5. The number of aromatic nitrogens is 1. The summed E-state index contributed by atoms with van der Waals surface area (Å²) in [5.74, 6) is -0.246. The SMILES string of the molecule is COC(=O)Cc1c[nH]c2ccc(-c3cccc(Cl)c3)cc12. The molecule has 0 spiro atoms. The highest BCUT2D eigenvalue weighted by Gasteiger charge is 2.10. The summed E-state index contributed by atoms with van der Waals surface area (Å²) in [4.78, 5) is 14.6. The van der Waals surface area contributed by atoms with Gasteiger partial charge in [-0.2, -0.15) is 0 Å². The monoisotopic (exact) mass is 299 g/mol. The lowest BCUT2D eigenvalue weighted by atomic mass is 10.0. The Morgan fingerprint density at radius 2 is 2.00 bits per heavy atom. The Kier molecular flexibility index (Phi) is 3.67. The number of halogens is 1. The van der Waals surface area contributed by atoms with Gasteiger partial charge >= 0.3 is 5.97 Å². The quantitative estimate of drug-likeness (QED) is 0.736. The molecule has 0 radical (unpaired) electrons. The highest BCUT2D eigenvalue weighted by atomic mass is 35.5. The van der Waals surface area contributed by atoms with Crippen LogP contribution in [0.1, 0.15) is 5.56 Å². The molecular weight excluding hydrogens is 286 g/mol. The number of ether oxygens (including phenoxy) is 1. The van der Waals surface area contributed by atoms with E-state index in [1.165, 1.54) is 7.11 Å². The number of nitrogens with one attached hydrogen (secondary N) is 1. The standard InChI is InChI=1S/C17H14ClNO2/c1-21-17(20)9-13-10-19-16-6-5-12(8-15(13)16)11-3-2-4-14(18)7-11/h2-8,10,19H,9H2,1H3. The van der Waals surface area contributed by atoms with Gasteiger partial charge in [0, 0.05) is 22.1 Å². The molecule has 0 saturated heterocycles. The summed E-state index contributed by atoms with van der Waals surface area (Å²) in [6.45, 7) is 0. The molecule has 4 heteroatoms. The second kappa shape index (κ2) is 5.62. The summed E-state index contributed by atoms with van der Waals surface area (Å²) in [6.07, 6.45) is 2.11. The highest BCUT2D eigenvalue weighted by Crippen LogP contribution is 2.28. The number of carbonyl (C=O) groups is 1. The Bertz CT molecular complexity index is 807. The average Bonchev–Trinajstić information content (AvgIpc) is 2.89. The number of fused-ring (bicyclic) bond motifs is 1. The minimum atomic E-state index is -0.246. The van der Waals surface area contributed by atoms with E-state index in [-0.39, 0.29) is 12.4 Å². The third kappa shape index (κ3) is 2.78. The second-order valence-corrected chi connectivity index (χ2v) is 5.27. The molecule has 0 fully saturated rings. The molecular formula is C17H14ClNO2. The Morgan fingerprint density at radius 3 is 2.76 bits per heavy atom. The van der Waals surface area contributed by atoms with Crippen molar-refractivity contribution in [1.29, 1.82) is 0 Å². The third-order valence-electron chi connectivity index (χ3n) is 3.49. The zero-order valence-corrected chi connectivity index (χ0v) is 12.3. The minimum absolute atomic E-state index is 0.246. The first-order valence-corrected chi connectivity index (χ1v) is 6.98. The number of hydrogen-bond donors (Lipinski definition) is 1. The van der Waals surface area contributed by atoms with Gasteiger partial charge in [-0.3, -0.25) is 4.79 Å². The lowest BCUT2D eigenvalue weighted by Crippen LogP contribution is -2.03. The highest BCUT2D eigenvalue weighted by molar-refractivity contribution is 6.30. The Morgan fingerprint density at radius 1 is 1.19 bits per heavy atom. The van der Waals surface area contributed by atoms with Crippen LogP contribution < -0.4 is 0 Å². The molecule has 0 aliphatic carbocycles. The maximum Gasteiger partial charge on any atom is 0.310 e. The van der Waals surface area contributed by atoms with Crippen molar-refractivity contribution in [3.8, 4) is 11.1 Å². The van der Waals surface area contributed by atoms with Crippen molar-refractivity contribution in [3.05, 3.63) is 59.2 Å². The van der Waals surface area contributed by atoms with Crippen molar-refractivity contribution in [3.63, 3.8) is 0 Å². The molecule has 3 nitrogen and oxygen atoms in total. The summed E-state index contributed by atoms with van der Waals surface area (Å²) < 4.78 is 4.73. The van der Waals surface area contributed by atoms with Crippen LogP contribution in [0.4, 0.5) is 0 Å². The number of H-pyrrole nitrogens is 1. The molecule has 21 heavy (non-hydrogen) atoms. The van der Waals surface area contributed by atoms with E-state index in [9.17, 15) is 4.79 Å². The van der Waals surface area contributed by atoms with E-state index in [1.807, 2.05) is 42.6 Å². The first-order valence-electron chi connectivity index (χ1n) is 6.60. The summed E-state index contributed by atoms with van der Waals surface area (Å²) in [5, 5.41) is 1.73. The molecule has 0 aliphatic rings. The van der Waals surface area contributed by atoms with Crippen molar-refractivity contribution in [1.82, 2.24) is 4.98 Å². The van der Waals surface area contributed by atoms with Crippen LogP contribution in [0.15, 0.2) is 48.7 Å². The molecule has 0 atom stereocenters. The second-order valence-electron chi connectivity index (χ2n) is 4.84. The lowest BCUT2D eigenvalue weighted by molar-refractivity contribution is -0.139. The predicted octanol–water partition coefficient (Wildman–Crippen LogP) is 4.20. The van der Waals surface area contributed by atoms with Crippen LogP contribution in [0.25, 0.3) is 22.0 Å². The zero-order chi connectivity index (χ0) is 14.8. The molecule has 0 aliphatic heterocycles. The van der Waals surface area contributed by atoms with Crippen molar-refractivity contribution < 1.29 is 9.53 Å². The van der Waals surface area contributed by atoms with Crippen molar-refractivity contribution >= 4 is 28.5 Å². The van der Waals surface area contributed by atoms with Crippen molar-refractivity contribution in [2.45, 2.75) is 6.42 Å². The van der Waals surface area contributed by atoms with Gasteiger partial charge in [0.1, 0.15) is 0 Å². The van der Waals surface area contributed by atoms with Gasteiger partial charge in [0.25, 0.3) is 0 Å². The molecule has 0 amide bonds. The predicted molar refractivity (Wildman–Crippen MR) is 84.5 cm³/mol. The van der Waals surface area contributed by atoms with Crippen LogP contribution in [0.3, 0.4) is 0 Å². The molecule has 3 aromatic rings. The molecule has 1 heterocycles. The third-order valence-corrected chi connectivity index (χ3v) is 3.72. The fraction of sp³-hybridized carbons (Fsp3) is 0.118. The minimum Gasteiger partial charge on any atom is -0.469 e. The first kappa shape index (κ1) is 13.7. The molecule has 0 unspecified atom stereocenters. The van der Waals surface area contributed by atoms with Gasteiger partial charge < -0.3 is 9.72 Å². The lowest BCUT2D eigenvalue weighted by Gasteiger charge is -2.04. The zero-order valence-electron chi connectivity index (χ0n) is 11.5. The van der Waals surface area contributed by atoms with Gasteiger partial charge in [-0.15, -0.1) is 0 Å². The van der Waals surface area contributed by atoms with Gasteiger partial charge in [0.2, 0.25) is 0 Å². The van der Waals surface area contributed by atoms with Crippen LogP contribution >= 0.6 is 11.6 Å². The molecule has 2 aromatic carbocycles. The average molecular weight is 300 g/mol. The largest absolute Gasteiger partial charge is 0.469 e. The number of benzene rings is 2. The summed E-state index contributed by atoms with van der Waals surface area (Å²) in [7, 11) is 1.40. The number of hydrogen-bond acceptors (Lipinski definition) is 2. The number of methoxy groups -OCH3 is 1. The van der Waals surface area contributed by atoms with E-state index in [4.69, 9.17) is 16.3 Å². The smallest absolute Gasteiger partial charge is 0.310 e. The molecule has 1 N–H and O–H groups in total. The topological polar surface area (TPSA) is 42.1 Å². The Balaban J connectivity index is 2.06. The number of rotatable bonds is 3. The van der Waals surface area contributed by atoms with E-state index < -0.39 is 0 Å². The van der Waals surface area contributed by atoms with Gasteiger partial charge in [0.05, 0.1) is 13.5 Å². The summed E-state index contributed by atoms with van der Waals surface area (Å²) >= 11 is 6.04. The molecule has 0 bridgehead atoms. The Labute approximate surface area is 127 Å². The maximum absolute atomic E-state index is 11.5. The Hall–Kier alpha value is -2.26. The molecule has 3 rings (SSSR count). The molecule has 1 aromatic heterocycles. The van der Waals surface area contributed by atoms with Crippen LogP contribution in [0.2, 0.25) is 5.02 Å². The number of esters is 1. The van der Waals surface area contributed by atoms with Crippen LogP contribution in [-0.2, 0) is 16.0 Å². The number of aromatic amines is 1. The van der Waals surface area contributed by atoms with Gasteiger partial charge in [-0.05, 0) is 41.0 Å².